The highest BCUT2D eigenvalue weighted by Crippen LogP contribution is 2.38. The van der Waals surface area contributed by atoms with Gasteiger partial charge in [0, 0.05) is 18.9 Å². The summed E-state index contributed by atoms with van der Waals surface area (Å²) >= 11 is 0. The Morgan fingerprint density at radius 3 is 2.04 bits per heavy atom. The summed E-state index contributed by atoms with van der Waals surface area (Å²) in [6, 6.07) is 10.4. The number of carbonyl (C=O) groups excluding carboxylic acids is 1. The minimum Gasteiger partial charge on any atom is -0.494 e. The molecule has 0 aromatic heterocycles. The molecule has 0 bridgehead atoms. The maximum Gasteiger partial charge on any atom is 0.461 e. The summed E-state index contributed by atoms with van der Waals surface area (Å²) in [5.74, 6) is -3.71. The lowest BCUT2D eigenvalue weighted by atomic mass is 9.77. The predicted octanol–water partition coefficient (Wildman–Crippen LogP) is 7.57. The van der Waals surface area contributed by atoms with Crippen LogP contribution in [-0.2, 0) is 16.8 Å². The Hall–Kier alpha value is -4.63. The van der Waals surface area contributed by atoms with Crippen LogP contribution >= 0.6 is 0 Å². The molecular formula is C31H29F9N2O5. The third kappa shape index (κ3) is 11.3. The average Bonchev–Trinajstić information content (AvgIpc) is 2.97. The number of nitrogens with one attached hydrogen (secondary N) is 2. The number of amides is 2. The quantitative estimate of drug-likeness (QED) is 0.107. The number of halogens is 9. The number of urea groups is 1. The molecule has 16 heteroatoms. The van der Waals surface area contributed by atoms with Crippen molar-refractivity contribution >= 4 is 12.0 Å². The minimum atomic E-state index is -5.06. The Labute approximate surface area is 262 Å². The number of carbonyl (C=O) groups is 2. The molecule has 0 aliphatic rings. The number of carboxylic acids is 1. The fraction of sp³-hybridized carbons (Fsp3) is 0.355. The highest BCUT2D eigenvalue weighted by Gasteiger charge is 2.45. The lowest BCUT2D eigenvalue weighted by Crippen LogP contribution is -2.53. The van der Waals surface area contributed by atoms with Gasteiger partial charge < -0.3 is 25.2 Å². The number of benzene rings is 3. The summed E-state index contributed by atoms with van der Waals surface area (Å²) in [6.07, 6.45) is -13.0. The molecule has 2 amide bonds. The molecule has 3 aromatic carbocycles. The van der Waals surface area contributed by atoms with Crippen LogP contribution in [0.1, 0.15) is 42.4 Å². The molecule has 0 spiro atoms. The fourth-order valence-electron chi connectivity index (χ4n) is 4.54. The van der Waals surface area contributed by atoms with Gasteiger partial charge in [-0.05, 0) is 72.4 Å². The van der Waals surface area contributed by atoms with Gasteiger partial charge in [-0.3, -0.25) is 4.79 Å². The molecular weight excluding hydrogens is 651 g/mol. The van der Waals surface area contributed by atoms with Gasteiger partial charge in [-0.1, -0.05) is 24.3 Å². The van der Waals surface area contributed by atoms with Gasteiger partial charge in [0.25, 0.3) is 0 Å². The Morgan fingerprint density at radius 2 is 1.45 bits per heavy atom. The largest absolute Gasteiger partial charge is 0.494 e. The predicted molar refractivity (Wildman–Crippen MR) is 149 cm³/mol. The molecule has 0 aliphatic heterocycles. The van der Waals surface area contributed by atoms with Crippen LogP contribution in [0.4, 0.5) is 44.3 Å². The third-order valence-electron chi connectivity index (χ3n) is 6.68. The van der Waals surface area contributed by atoms with E-state index in [1.165, 1.54) is 24.3 Å². The summed E-state index contributed by atoms with van der Waals surface area (Å²) < 4.78 is 131. The van der Waals surface area contributed by atoms with Crippen molar-refractivity contribution in [2.45, 2.75) is 56.4 Å². The first-order chi connectivity index (χ1) is 22.0. The first-order valence-electron chi connectivity index (χ1n) is 14.0. The van der Waals surface area contributed by atoms with Gasteiger partial charge in [0.05, 0.1) is 12.1 Å². The Balaban J connectivity index is 2.05. The Kier molecular flexibility index (Phi) is 12.4. The van der Waals surface area contributed by atoms with Gasteiger partial charge in [0.1, 0.15) is 29.7 Å². The summed E-state index contributed by atoms with van der Waals surface area (Å²) in [5.41, 5.74) is -2.28. The van der Waals surface area contributed by atoms with E-state index in [0.29, 0.717) is 42.7 Å². The van der Waals surface area contributed by atoms with Crippen LogP contribution in [0.5, 0.6) is 11.5 Å². The van der Waals surface area contributed by atoms with Crippen LogP contribution in [0.25, 0.3) is 0 Å². The lowest BCUT2D eigenvalue weighted by molar-refractivity contribution is -0.253. The van der Waals surface area contributed by atoms with Gasteiger partial charge >= 0.3 is 30.7 Å². The normalized spacial score (nSPS) is 13.1. The van der Waals surface area contributed by atoms with Crippen LogP contribution in [0.15, 0.2) is 66.7 Å². The number of aliphatic carboxylic acids is 1. The monoisotopic (exact) mass is 680 g/mol. The molecule has 0 fully saturated rings. The Bertz CT molecular complexity index is 1490. The molecule has 47 heavy (non-hydrogen) atoms. The zero-order valence-corrected chi connectivity index (χ0v) is 24.4. The van der Waals surface area contributed by atoms with Gasteiger partial charge in [-0.25, -0.2) is 13.6 Å². The maximum atomic E-state index is 14.9. The van der Waals surface area contributed by atoms with Gasteiger partial charge in [-0.15, -0.1) is 0 Å². The smallest absolute Gasteiger partial charge is 0.461 e. The van der Waals surface area contributed by atoms with Crippen LogP contribution < -0.4 is 20.1 Å². The summed E-state index contributed by atoms with van der Waals surface area (Å²) in [5, 5.41) is 12.6. The molecule has 3 aromatic rings. The van der Waals surface area contributed by atoms with Crippen molar-refractivity contribution in [3.8, 4) is 11.5 Å². The van der Waals surface area contributed by atoms with Crippen molar-refractivity contribution in [1.29, 1.82) is 0 Å². The van der Waals surface area contributed by atoms with Crippen molar-refractivity contribution in [2.24, 2.45) is 0 Å². The second-order valence-electron chi connectivity index (χ2n) is 10.3. The average molecular weight is 681 g/mol. The number of hydrogen-bond acceptors (Lipinski definition) is 4. The molecule has 0 radical (unpaired) electrons. The number of rotatable bonds is 16. The van der Waals surface area contributed by atoms with Gasteiger partial charge in [0.2, 0.25) is 0 Å². The minimum absolute atomic E-state index is 0.0142. The molecule has 256 valence electrons. The van der Waals surface area contributed by atoms with Crippen molar-refractivity contribution in [1.82, 2.24) is 10.6 Å². The van der Waals surface area contributed by atoms with Crippen LogP contribution in [0.2, 0.25) is 0 Å². The summed E-state index contributed by atoms with van der Waals surface area (Å²) in [4.78, 5) is 23.5. The van der Waals surface area contributed by atoms with E-state index in [9.17, 15) is 49.1 Å². The van der Waals surface area contributed by atoms with Gasteiger partial charge in [0.15, 0.2) is 0 Å². The van der Waals surface area contributed by atoms with Crippen LogP contribution in [0, 0.1) is 11.6 Å². The number of ether oxygens (including phenoxy) is 2. The Morgan fingerprint density at radius 1 is 0.787 bits per heavy atom. The van der Waals surface area contributed by atoms with Crippen molar-refractivity contribution < 1.29 is 63.7 Å². The number of unbranched alkanes of at least 4 members (excludes halogenated alkanes) is 2. The number of hydrogen-bond donors (Lipinski definition) is 3. The summed E-state index contributed by atoms with van der Waals surface area (Å²) in [6.45, 7) is -1.55. The van der Waals surface area contributed by atoms with E-state index >= 15 is 0 Å². The lowest BCUT2D eigenvalue weighted by Gasteiger charge is -2.37. The first kappa shape index (κ1) is 36.8. The highest BCUT2D eigenvalue weighted by molar-refractivity contribution is 5.76. The van der Waals surface area contributed by atoms with E-state index < -0.39 is 72.2 Å². The SMILES string of the molecule is O=C(O)CCCCCOc1ccc(C[C@@](NC(=O)NCC(F)(F)F)(c2ccc(F)cc2)c2cc(F)cc(OC(F)(F)C(F)F)c2)cc1. The van der Waals surface area contributed by atoms with Gasteiger partial charge in [-0.2, -0.15) is 30.7 Å². The molecule has 3 rings (SSSR count). The first-order valence-corrected chi connectivity index (χ1v) is 14.0. The van der Waals surface area contributed by atoms with E-state index in [2.05, 4.69) is 10.1 Å². The molecule has 0 saturated heterocycles. The molecule has 0 saturated carbocycles. The molecule has 1 atom stereocenters. The zero-order valence-electron chi connectivity index (χ0n) is 24.4. The molecule has 0 aliphatic carbocycles. The third-order valence-corrected chi connectivity index (χ3v) is 6.68. The molecule has 3 N–H and O–H groups in total. The van der Waals surface area contributed by atoms with E-state index in [1.54, 1.807) is 5.32 Å². The number of carboxylic acid groups (broad SMARTS) is 1. The second-order valence-corrected chi connectivity index (χ2v) is 10.3. The molecule has 0 heterocycles. The van der Waals surface area contributed by atoms with Crippen molar-refractivity contribution in [3.05, 3.63) is 95.1 Å². The molecule has 0 unspecified atom stereocenters. The van der Waals surface area contributed by atoms with E-state index in [1.807, 2.05) is 0 Å². The topological polar surface area (TPSA) is 96.9 Å². The highest BCUT2D eigenvalue weighted by atomic mass is 19.4. The van der Waals surface area contributed by atoms with Crippen LogP contribution in [0.3, 0.4) is 0 Å². The number of alkyl halides is 7. The second kappa shape index (κ2) is 15.8. The van der Waals surface area contributed by atoms with E-state index in [0.717, 1.165) is 30.3 Å². The van der Waals surface area contributed by atoms with Crippen molar-refractivity contribution in [3.63, 3.8) is 0 Å². The fourth-order valence-corrected chi connectivity index (χ4v) is 4.54. The van der Waals surface area contributed by atoms with E-state index in [4.69, 9.17) is 9.84 Å². The van der Waals surface area contributed by atoms with E-state index in [-0.39, 0.29) is 18.6 Å². The van der Waals surface area contributed by atoms with Crippen LogP contribution in [-0.4, -0.2) is 49.0 Å². The standard InChI is InChI=1S/C31H29F9N2O5/c32-22-9-7-20(8-10-22)29(42-28(45)41-18-30(36,37)38,21-14-23(33)16-25(15-21)47-31(39,40)27(34)35)17-19-5-11-24(12-6-19)46-13-3-1-2-4-26(43)44/h5-12,14-16,27H,1-4,13,17-18H2,(H,43,44)(H2,41,42,45)/t29-/m1/s1. The maximum absolute atomic E-state index is 14.9. The molecule has 7 nitrogen and oxygen atoms in total. The summed E-state index contributed by atoms with van der Waals surface area (Å²) in [7, 11) is 0. The zero-order chi connectivity index (χ0) is 34.8. The van der Waals surface area contributed by atoms with Crippen molar-refractivity contribution in [2.75, 3.05) is 13.2 Å².